The molecule has 1 atom stereocenters. The van der Waals surface area contributed by atoms with Crippen LogP contribution >= 0.6 is 22.6 Å². The predicted molar refractivity (Wildman–Crippen MR) is 74.0 cm³/mol. The van der Waals surface area contributed by atoms with E-state index in [1.807, 2.05) is 28.7 Å². The Bertz CT molecular complexity index is 540. The van der Waals surface area contributed by atoms with Gasteiger partial charge in [-0.25, -0.2) is 0 Å². The van der Waals surface area contributed by atoms with Crippen LogP contribution in [0.15, 0.2) is 18.2 Å². The van der Waals surface area contributed by atoms with Gasteiger partial charge in [0, 0.05) is 9.26 Å². The fourth-order valence-corrected chi connectivity index (χ4v) is 2.06. The Morgan fingerprint density at radius 3 is 2.65 bits per heavy atom. The summed E-state index contributed by atoms with van der Waals surface area (Å²) in [6.07, 6.45) is -5.42. The third kappa shape index (κ3) is 4.56. The predicted octanol–water partition coefficient (Wildman–Crippen LogP) is 3.07. The Kier molecular flexibility index (Phi) is 5.62. The molecule has 0 fully saturated rings. The van der Waals surface area contributed by atoms with Crippen molar-refractivity contribution in [2.75, 3.05) is 12.4 Å². The highest BCUT2D eigenvalue weighted by Gasteiger charge is 2.41. The maximum Gasteiger partial charge on any atom is 0.409 e. The number of methoxy groups -OCH3 is 1. The first kappa shape index (κ1) is 16.6. The number of carbonyl (C=O) groups excluding carboxylic acids is 1. The molecule has 108 valence electrons. The second-order valence-electron chi connectivity index (χ2n) is 3.83. The zero-order valence-corrected chi connectivity index (χ0v) is 12.4. The fraction of sp³-hybridized carbons (Fsp3) is 0.333. The first-order chi connectivity index (χ1) is 9.27. The van der Waals surface area contributed by atoms with E-state index >= 15 is 0 Å². The number of halogens is 4. The molecule has 0 aliphatic heterocycles. The summed E-state index contributed by atoms with van der Waals surface area (Å²) in [6, 6.07) is 4.07. The number of benzene rings is 1. The van der Waals surface area contributed by atoms with Crippen LogP contribution in [0.5, 0.6) is 0 Å². The van der Waals surface area contributed by atoms with Crippen molar-refractivity contribution in [1.82, 2.24) is 0 Å². The van der Waals surface area contributed by atoms with Gasteiger partial charge >= 0.3 is 12.1 Å². The van der Waals surface area contributed by atoms with Crippen LogP contribution < -0.4 is 5.32 Å². The molecule has 0 saturated carbocycles. The number of carbonyl (C=O) groups is 1. The number of rotatable bonds is 4. The van der Waals surface area contributed by atoms with Gasteiger partial charge in [-0.05, 0) is 40.8 Å². The van der Waals surface area contributed by atoms with Crippen molar-refractivity contribution >= 4 is 34.2 Å². The molecule has 0 bridgehead atoms. The standard InChI is InChI=1S/C12H10F3IN2O2/c1-20-11(19)5-10(12(13,14)15)18-9-3-2-7(6-17)4-8(9)16/h2-4,10,18H,5H2,1H3. The quantitative estimate of drug-likeness (QED) is 0.626. The van der Waals surface area contributed by atoms with Crippen LogP contribution in [0.4, 0.5) is 18.9 Å². The molecule has 20 heavy (non-hydrogen) atoms. The van der Waals surface area contributed by atoms with Crippen molar-refractivity contribution in [2.45, 2.75) is 18.6 Å². The summed E-state index contributed by atoms with van der Waals surface area (Å²) in [6.45, 7) is 0. The van der Waals surface area contributed by atoms with Crippen LogP contribution in [0.2, 0.25) is 0 Å². The van der Waals surface area contributed by atoms with Crippen LogP contribution in [-0.2, 0) is 9.53 Å². The molecule has 0 amide bonds. The van der Waals surface area contributed by atoms with Crippen LogP contribution in [-0.4, -0.2) is 25.3 Å². The molecule has 0 spiro atoms. The van der Waals surface area contributed by atoms with Crippen molar-refractivity contribution in [3.63, 3.8) is 0 Å². The highest BCUT2D eigenvalue weighted by atomic mass is 127. The number of hydrogen-bond acceptors (Lipinski definition) is 4. The summed E-state index contributed by atoms with van der Waals surface area (Å²) >= 11 is 1.82. The Balaban J connectivity index is 2.96. The molecule has 0 radical (unpaired) electrons. The number of ether oxygens (including phenoxy) is 1. The highest BCUT2D eigenvalue weighted by molar-refractivity contribution is 14.1. The highest BCUT2D eigenvalue weighted by Crippen LogP contribution is 2.28. The molecule has 4 nitrogen and oxygen atoms in total. The molecule has 1 aromatic rings. The van der Waals surface area contributed by atoms with Crippen molar-refractivity contribution in [2.24, 2.45) is 0 Å². The van der Waals surface area contributed by atoms with E-state index < -0.39 is 24.6 Å². The third-order valence-electron chi connectivity index (χ3n) is 2.42. The van der Waals surface area contributed by atoms with Gasteiger partial charge in [0.15, 0.2) is 0 Å². The lowest BCUT2D eigenvalue weighted by molar-refractivity contribution is -0.159. The normalized spacial score (nSPS) is 12.4. The molecule has 1 N–H and O–H groups in total. The van der Waals surface area contributed by atoms with E-state index in [2.05, 4.69) is 10.1 Å². The molecule has 0 aromatic heterocycles. The number of esters is 1. The van der Waals surface area contributed by atoms with E-state index in [-0.39, 0.29) is 5.69 Å². The average molecular weight is 398 g/mol. The molecule has 1 rings (SSSR count). The zero-order chi connectivity index (χ0) is 15.3. The van der Waals surface area contributed by atoms with E-state index in [9.17, 15) is 18.0 Å². The van der Waals surface area contributed by atoms with Gasteiger partial charge in [-0.15, -0.1) is 0 Å². The zero-order valence-electron chi connectivity index (χ0n) is 10.3. The maximum absolute atomic E-state index is 12.9. The van der Waals surface area contributed by atoms with Crippen molar-refractivity contribution in [3.05, 3.63) is 27.3 Å². The first-order valence-corrected chi connectivity index (χ1v) is 6.45. The summed E-state index contributed by atoms with van der Waals surface area (Å²) in [5.41, 5.74) is 0.548. The van der Waals surface area contributed by atoms with Gasteiger partial charge in [0.05, 0.1) is 25.2 Å². The molecule has 1 aromatic carbocycles. The lowest BCUT2D eigenvalue weighted by atomic mass is 10.1. The van der Waals surface area contributed by atoms with E-state index in [0.717, 1.165) is 7.11 Å². The number of nitrogens with zero attached hydrogens (tertiary/aromatic N) is 1. The minimum Gasteiger partial charge on any atom is -0.469 e. The SMILES string of the molecule is COC(=O)CC(Nc1ccc(C#N)cc1I)C(F)(F)F. The van der Waals surface area contributed by atoms with E-state index in [1.54, 1.807) is 0 Å². The van der Waals surface area contributed by atoms with Gasteiger partial charge in [-0.1, -0.05) is 0 Å². The topological polar surface area (TPSA) is 62.1 Å². The number of nitriles is 1. The second-order valence-corrected chi connectivity index (χ2v) is 4.99. The summed E-state index contributed by atoms with van der Waals surface area (Å²) in [4.78, 5) is 11.0. The van der Waals surface area contributed by atoms with Crippen LogP contribution in [0.25, 0.3) is 0 Å². The molecular weight excluding hydrogens is 388 g/mol. The number of alkyl halides is 3. The Labute approximate surface area is 127 Å². The smallest absolute Gasteiger partial charge is 0.409 e. The van der Waals surface area contributed by atoms with Crippen molar-refractivity contribution in [3.8, 4) is 6.07 Å². The molecule has 0 heterocycles. The minimum absolute atomic E-state index is 0.204. The number of anilines is 1. The Hall–Kier alpha value is -1.50. The average Bonchev–Trinajstić information content (AvgIpc) is 2.38. The van der Waals surface area contributed by atoms with E-state index in [1.165, 1.54) is 18.2 Å². The van der Waals surface area contributed by atoms with Crippen LogP contribution in [0, 0.1) is 14.9 Å². The molecular formula is C12H10F3IN2O2. The number of hydrogen-bond donors (Lipinski definition) is 1. The van der Waals surface area contributed by atoms with Gasteiger partial charge in [0.25, 0.3) is 0 Å². The monoisotopic (exact) mass is 398 g/mol. The van der Waals surface area contributed by atoms with Crippen molar-refractivity contribution < 1.29 is 22.7 Å². The summed E-state index contributed by atoms with van der Waals surface area (Å²) in [5, 5.41) is 11.0. The third-order valence-corrected chi connectivity index (χ3v) is 3.31. The van der Waals surface area contributed by atoms with Crippen molar-refractivity contribution in [1.29, 1.82) is 5.26 Å². The van der Waals surface area contributed by atoms with Crippen LogP contribution in [0.1, 0.15) is 12.0 Å². The number of nitrogens with one attached hydrogen (secondary N) is 1. The lowest BCUT2D eigenvalue weighted by Crippen LogP contribution is -2.38. The first-order valence-electron chi connectivity index (χ1n) is 5.37. The van der Waals surface area contributed by atoms with E-state index in [0.29, 0.717) is 9.13 Å². The van der Waals surface area contributed by atoms with Gasteiger partial charge in [0.2, 0.25) is 0 Å². The van der Waals surface area contributed by atoms with Gasteiger partial charge in [0.1, 0.15) is 6.04 Å². The summed E-state index contributed by atoms with van der Waals surface area (Å²) in [7, 11) is 1.03. The Morgan fingerprint density at radius 2 is 2.20 bits per heavy atom. The second kappa shape index (κ2) is 6.78. The molecule has 0 aliphatic rings. The molecule has 0 saturated heterocycles. The maximum atomic E-state index is 12.9. The molecule has 8 heteroatoms. The van der Waals surface area contributed by atoms with Gasteiger partial charge < -0.3 is 10.1 Å². The molecule has 0 aliphatic carbocycles. The minimum atomic E-state index is -4.59. The fourth-order valence-electron chi connectivity index (χ4n) is 1.39. The Morgan fingerprint density at radius 1 is 1.55 bits per heavy atom. The van der Waals surface area contributed by atoms with E-state index in [4.69, 9.17) is 5.26 Å². The summed E-state index contributed by atoms with van der Waals surface area (Å²) < 4.78 is 43.3. The van der Waals surface area contributed by atoms with Gasteiger partial charge in [-0.2, -0.15) is 18.4 Å². The largest absolute Gasteiger partial charge is 0.469 e. The summed E-state index contributed by atoms with van der Waals surface area (Å²) in [5.74, 6) is -0.955. The molecule has 1 unspecified atom stereocenters. The van der Waals surface area contributed by atoms with Crippen LogP contribution in [0.3, 0.4) is 0 Å². The van der Waals surface area contributed by atoms with Gasteiger partial charge in [-0.3, -0.25) is 4.79 Å². The lowest BCUT2D eigenvalue weighted by Gasteiger charge is -2.22.